The highest BCUT2D eigenvalue weighted by Crippen LogP contribution is 2.27. The van der Waals surface area contributed by atoms with Crippen LogP contribution in [0.2, 0.25) is 0 Å². The molecule has 0 unspecified atom stereocenters. The first kappa shape index (κ1) is 15.8. The third-order valence-electron chi connectivity index (χ3n) is 3.01. The Morgan fingerprint density at radius 3 is 2.52 bits per heavy atom. The van der Waals surface area contributed by atoms with Crippen molar-refractivity contribution in [3.63, 3.8) is 0 Å². The van der Waals surface area contributed by atoms with E-state index in [1.807, 2.05) is 29.2 Å². The molecule has 4 N–H and O–H groups in total. The van der Waals surface area contributed by atoms with Gasteiger partial charge >= 0.3 is 0 Å². The zero-order valence-corrected chi connectivity index (χ0v) is 13.9. The van der Waals surface area contributed by atoms with Gasteiger partial charge in [-0.25, -0.2) is 13.6 Å². The molecular weight excluding hydrogens is 354 g/mol. The largest absolute Gasteiger partial charge is 0.399 e. The van der Waals surface area contributed by atoms with Crippen LogP contribution in [0, 0.1) is 0 Å². The van der Waals surface area contributed by atoms with Gasteiger partial charge in [0.1, 0.15) is 4.90 Å². The molecular formula is C14H16BrN3O2S. The van der Waals surface area contributed by atoms with Gasteiger partial charge in [-0.2, -0.15) is 0 Å². The molecule has 0 aliphatic heterocycles. The van der Waals surface area contributed by atoms with E-state index in [0.717, 1.165) is 10.0 Å². The summed E-state index contributed by atoms with van der Waals surface area (Å²) in [5.41, 5.74) is 7.58. The van der Waals surface area contributed by atoms with E-state index in [4.69, 9.17) is 10.9 Å². The summed E-state index contributed by atoms with van der Waals surface area (Å²) in [6.07, 6.45) is 0. The van der Waals surface area contributed by atoms with Crippen LogP contribution in [0.3, 0.4) is 0 Å². The van der Waals surface area contributed by atoms with Crippen LogP contribution in [0.25, 0.3) is 0 Å². The van der Waals surface area contributed by atoms with Crippen molar-refractivity contribution in [3.8, 4) is 0 Å². The molecule has 0 aliphatic carbocycles. The van der Waals surface area contributed by atoms with E-state index in [0.29, 0.717) is 17.9 Å². The third kappa shape index (κ3) is 3.96. The quantitative estimate of drug-likeness (QED) is 0.809. The highest BCUT2D eigenvalue weighted by atomic mass is 79.9. The van der Waals surface area contributed by atoms with Gasteiger partial charge in [0, 0.05) is 23.8 Å². The van der Waals surface area contributed by atoms with Crippen LogP contribution in [0.4, 0.5) is 11.4 Å². The van der Waals surface area contributed by atoms with Crippen molar-refractivity contribution in [1.82, 2.24) is 0 Å². The molecule has 0 saturated carbocycles. The van der Waals surface area contributed by atoms with E-state index >= 15 is 0 Å². The maximum Gasteiger partial charge on any atom is 0.240 e. The Morgan fingerprint density at radius 2 is 1.90 bits per heavy atom. The summed E-state index contributed by atoms with van der Waals surface area (Å²) in [7, 11) is -2.03. The summed E-state index contributed by atoms with van der Waals surface area (Å²) in [5.74, 6) is 0. The number of halogens is 1. The predicted molar refractivity (Wildman–Crippen MR) is 88.5 cm³/mol. The molecule has 2 aromatic carbocycles. The Hall–Kier alpha value is -1.57. The molecule has 0 atom stereocenters. The lowest BCUT2D eigenvalue weighted by molar-refractivity contribution is 0.597. The van der Waals surface area contributed by atoms with Gasteiger partial charge in [-0.1, -0.05) is 28.1 Å². The molecule has 7 heteroatoms. The molecule has 0 amide bonds. The maximum absolute atomic E-state index is 11.7. The Balaban J connectivity index is 2.38. The van der Waals surface area contributed by atoms with Gasteiger partial charge in [-0.3, -0.25) is 0 Å². The molecule has 112 valence electrons. The number of anilines is 2. The highest BCUT2D eigenvalue weighted by Gasteiger charge is 2.17. The first-order valence-electron chi connectivity index (χ1n) is 6.15. The minimum absolute atomic E-state index is 0.0278. The number of sulfonamides is 1. The number of primary sulfonamides is 1. The molecule has 2 rings (SSSR count). The van der Waals surface area contributed by atoms with Crippen molar-refractivity contribution in [2.75, 3.05) is 17.7 Å². The second kappa shape index (κ2) is 6.05. The Labute approximate surface area is 132 Å². The third-order valence-corrected chi connectivity index (χ3v) is 4.44. The number of nitrogens with zero attached hydrogens (tertiary/aromatic N) is 1. The van der Waals surface area contributed by atoms with Gasteiger partial charge in [0.25, 0.3) is 0 Å². The van der Waals surface area contributed by atoms with Gasteiger partial charge in [-0.15, -0.1) is 0 Å². The summed E-state index contributed by atoms with van der Waals surface area (Å²) < 4.78 is 24.4. The van der Waals surface area contributed by atoms with Crippen LogP contribution >= 0.6 is 15.9 Å². The van der Waals surface area contributed by atoms with Crippen molar-refractivity contribution in [2.24, 2.45) is 5.14 Å². The number of hydrogen-bond acceptors (Lipinski definition) is 4. The molecule has 21 heavy (non-hydrogen) atoms. The van der Waals surface area contributed by atoms with Gasteiger partial charge in [-0.05, 0) is 35.9 Å². The molecule has 0 aromatic heterocycles. The van der Waals surface area contributed by atoms with E-state index in [1.165, 1.54) is 6.07 Å². The van der Waals surface area contributed by atoms with Crippen molar-refractivity contribution in [3.05, 3.63) is 52.5 Å². The smallest absolute Gasteiger partial charge is 0.240 e. The van der Waals surface area contributed by atoms with E-state index in [1.54, 1.807) is 19.2 Å². The minimum atomic E-state index is -3.83. The van der Waals surface area contributed by atoms with E-state index in [9.17, 15) is 8.42 Å². The number of nitrogen functional groups attached to an aromatic ring is 1. The van der Waals surface area contributed by atoms with Crippen LogP contribution < -0.4 is 15.8 Å². The van der Waals surface area contributed by atoms with Crippen LogP contribution in [-0.4, -0.2) is 15.5 Å². The van der Waals surface area contributed by atoms with Gasteiger partial charge < -0.3 is 10.6 Å². The van der Waals surface area contributed by atoms with Crippen LogP contribution in [0.5, 0.6) is 0 Å². The van der Waals surface area contributed by atoms with Crippen molar-refractivity contribution >= 4 is 37.3 Å². The van der Waals surface area contributed by atoms with Crippen LogP contribution in [0.1, 0.15) is 5.56 Å². The summed E-state index contributed by atoms with van der Waals surface area (Å²) in [5, 5.41) is 5.26. The van der Waals surface area contributed by atoms with Gasteiger partial charge in [0.05, 0.1) is 5.69 Å². The fraction of sp³-hybridized carbons (Fsp3) is 0.143. The molecule has 0 radical (unpaired) electrons. The first-order chi connectivity index (χ1) is 9.77. The monoisotopic (exact) mass is 369 g/mol. The topological polar surface area (TPSA) is 89.4 Å². The lowest BCUT2D eigenvalue weighted by Gasteiger charge is -2.22. The number of benzene rings is 2. The second-order valence-corrected chi connectivity index (χ2v) is 7.20. The normalized spacial score (nSPS) is 11.4. The molecule has 0 aliphatic rings. The Kier molecular flexibility index (Phi) is 4.55. The van der Waals surface area contributed by atoms with E-state index < -0.39 is 10.0 Å². The maximum atomic E-state index is 11.7. The average Bonchev–Trinajstić information content (AvgIpc) is 2.37. The Bertz CT molecular complexity index is 763. The summed E-state index contributed by atoms with van der Waals surface area (Å²) in [6.45, 7) is 0.547. The van der Waals surface area contributed by atoms with Crippen LogP contribution in [0.15, 0.2) is 51.8 Å². The van der Waals surface area contributed by atoms with Crippen LogP contribution in [-0.2, 0) is 16.6 Å². The van der Waals surface area contributed by atoms with Crippen molar-refractivity contribution < 1.29 is 8.42 Å². The minimum Gasteiger partial charge on any atom is -0.399 e. The lowest BCUT2D eigenvalue weighted by Crippen LogP contribution is -2.22. The van der Waals surface area contributed by atoms with Gasteiger partial charge in [0.2, 0.25) is 10.0 Å². The molecule has 0 heterocycles. The second-order valence-electron chi connectivity index (χ2n) is 4.76. The summed E-state index contributed by atoms with van der Waals surface area (Å²) in [4.78, 5) is 1.85. The highest BCUT2D eigenvalue weighted by molar-refractivity contribution is 9.10. The summed E-state index contributed by atoms with van der Waals surface area (Å²) >= 11 is 3.41. The Morgan fingerprint density at radius 1 is 1.19 bits per heavy atom. The molecule has 2 aromatic rings. The van der Waals surface area contributed by atoms with Crippen molar-refractivity contribution in [2.45, 2.75) is 11.4 Å². The number of rotatable bonds is 4. The molecule has 5 nitrogen and oxygen atoms in total. The molecule has 0 bridgehead atoms. The molecule has 0 fully saturated rings. The zero-order valence-electron chi connectivity index (χ0n) is 11.5. The SMILES string of the molecule is CN(Cc1cccc(Br)c1)c1ccc(N)cc1S(N)(=O)=O. The predicted octanol–water partition coefficient (Wildman–Crippen LogP) is 2.32. The summed E-state index contributed by atoms with van der Waals surface area (Å²) in [6, 6.07) is 12.5. The lowest BCUT2D eigenvalue weighted by atomic mass is 10.2. The number of hydrogen-bond donors (Lipinski definition) is 2. The zero-order chi connectivity index (χ0) is 15.6. The first-order valence-corrected chi connectivity index (χ1v) is 8.49. The van der Waals surface area contributed by atoms with E-state index in [-0.39, 0.29) is 4.90 Å². The standard InChI is InChI=1S/C14H16BrN3O2S/c1-18(9-10-3-2-4-11(15)7-10)13-6-5-12(16)8-14(13)21(17,19)20/h2-8H,9,16H2,1H3,(H2,17,19,20). The fourth-order valence-corrected chi connectivity index (χ4v) is 3.33. The van der Waals surface area contributed by atoms with Crippen molar-refractivity contribution in [1.29, 1.82) is 0 Å². The molecule has 0 saturated heterocycles. The number of nitrogens with two attached hydrogens (primary N) is 2. The average molecular weight is 370 g/mol. The fourth-order valence-electron chi connectivity index (χ4n) is 2.07. The van der Waals surface area contributed by atoms with E-state index in [2.05, 4.69) is 15.9 Å². The van der Waals surface area contributed by atoms with Gasteiger partial charge in [0.15, 0.2) is 0 Å². The molecule has 0 spiro atoms.